The highest BCUT2D eigenvalue weighted by Crippen LogP contribution is 2.28. The van der Waals surface area contributed by atoms with Crippen molar-refractivity contribution in [3.05, 3.63) is 80.4 Å². The van der Waals surface area contributed by atoms with Crippen molar-refractivity contribution in [1.82, 2.24) is 9.38 Å². The molecule has 0 aliphatic heterocycles. The van der Waals surface area contributed by atoms with Crippen molar-refractivity contribution in [1.29, 1.82) is 0 Å². The first-order chi connectivity index (χ1) is 11.6. The van der Waals surface area contributed by atoms with Crippen LogP contribution in [0, 0.1) is 0 Å². The van der Waals surface area contributed by atoms with Gasteiger partial charge in [0.15, 0.2) is 4.96 Å². The Morgan fingerprint density at radius 2 is 1.67 bits per heavy atom. The number of rotatable bonds is 3. The molecule has 4 aromatic rings. The Morgan fingerprint density at radius 1 is 0.917 bits per heavy atom. The predicted molar refractivity (Wildman–Crippen MR) is 103 cm³/mol. The summed E-state index contributed by atoms with van der Waals surface area (Å²) < 4.78 is 2.05. The lowest BCUT2D eigenvalue weighted by molar-refractivity contribution is 1.16. The summed E-state index contributed by atoms with van der Waals surface area (Å²) in [5.74, 6) is 0. The van der Waals surface area contributed by atoms with Crippen LogP contribution < -0.4 is 0 Å². The van der Waals surface area contributed by atoms with Crippen molar-refractivity contribution in [2.45, 2.75) is 6.42 Å². The van der Waals surface area contributed by atoms with Crippen molar-refractivity contribution in [3.8, 4) is 11.3 Å². The van der Waals surface area contributed by atoms with Crippen LogP contribution in [0.15, 0.2) is 54.9 Å². The summed E-state index contributed by atoms with van der Waals surface area (Å²) in [6, 6.07) is 13.3. The smallest absolute Gasteiger partial charge is 0.194 e. The maximum Gasteiger partial charge on any atom is 0.194 e. The summed E-state index contributed by atoms with van der Waals surface area (Å²) in [5.41, 5.74) is 3.05. The Hall–Kier alpha value is -1.52. The van der Waals surface area contributed by atoms with Crippen LogP contribution in [-0.2, 0) is 6.42 Å². The maximum atomic E-state index is 6.26. The van der Waals surface area contributed by atoms with Gasteiger partial charge in [0.05, 0.1) is 5.69 Å². The fourth-order valence-corrected chi connectivity index (χ4v) is 4.12. The summed E-state index contributed by atoms with van der Waals surface area (Å²) in [7, 11) is 0. The number of nitrogens with zero attached hydrogens (tertiary/aromatic N) is 2. The second-order valence-corrected chi connectivity index (χ2v) is 7.81. The SMILES string of the molecule is Clc1ccc(-c2cn3cc(Cc4ccc(Cl)cc4Cl)sc3n2)cc1. The molecule has 2 aromatic heterocycles. The summed E-state index contributed by atoms with van der Waals surface area (Å²) in [6.07, 6.45) is 4.89. The Kier molecular flexibility index (Phi) is 4.27. The number of hydrogen-bond donors (Lipinski definition) is 0. The van der Waals surface area contributed by atoms with Crippen molar-refractivity contribution in [2.75, 3.05) is 0 Å². The molecule has 0 spiro atoms. The fourth-order valence-electron chi connectivity index (χ4n) is 2.54. The van der Waals surface area contributed by atoms with Crippen molar-refractivity contribution < 1.29 is 0 Å². The first-order valence-corrected chi connectivity index (χ1v) is 9.21. The van der Waals surface area contributed by atoms with Crippen LogP contribution in [0.2, 0.25) is 15.1 Å². The van der Waals surface area contributed by atoms with E-state index in [1.807, 2.05) is 47.0 Å². The number of hydrogen-bond acceptors (Lipinski definition) is 2. The standard InChI is InChI=1S/C18H11Cl3N2S/c19-13-4-1-11(2-5-13)17-10-23-9-15(24-18(23)22-17)7-12-3-6-14(20)8-16(12)21/h1-6,8-10H,7H2. The minimum absolute atomic E-state index is 0.650. The number of benzene rings is 2. The molecule has 0 saturated heterocycles. The number of imidazole rings is 1. The van der Waals surface area contributed by atoms with Gasteiger partial charge in [0.1, 0.15) is 0 Å². The molecule has 0 radical (unpaired) electrons. The topological polar surface area (TPSA) is 17.3 Å². The summed E-state index contributed by atoms with van der Waals surface area (Å²) in [6.45, 7) is 0. The van der Waals surface area contributed by atoms with Crippen LogP contribution in [0.3, 0.4) is 0 Å². The third-order valence-corrected chi connectivity index (χ3v) is 5.56. The van der Waals surface area contributed by atoms with E-state index >= 15 is 0 Å². The van der Waals surface area contributed by atoms with E-state index in [2.05, 4.69) is 6.20 Å². The fraction of sp³-hybridized carbons (Fsp3) is 0.0556. The Bertz CT molecular complexity index is 987. The molecule has 2 heterocycles. The summed E-state index contributed by atoms with van der Waals surface area (Å²) >= 11 is 19.8. The molecule has 6 heteroatoms. The van der Waals surface area contributed by atoms with Crippen LogP contribution in [-0.4, -0.2) is 9.38 Å². The second kappa shape index (κ2) is 6.41. The van der Waals surface area contributed by atoms with E-state index in [-0.39, 0.29) is 0 Å². The van der Waals surface area contributed by atoms with Crippen LogP contribution in [0.25, 0.3) is 16.2 Å². The highest BCUT2D eigenvalue weighted by atomic mass is 35.5. The van der Waals surface area contributed by atoms with E-state index in [4.69, 9.17) is 39.8 Å². The second-order valence-electron chi connectivity index (χ2n) is 5.43. The lowest BCUT2D eigenvalue weighted by Crippen LogP contribution is -1.86. The molecule has 0 aliphatic rings. The summed E-state index contributed by atoms with van der Waals surface area (Å²) in [4.78, 5) is 6.85. The molecule has 24 heavy (non-hydrogen) atoms. The maximum absolute atomic E-state index is 6.26. The lowest BCUT2D eigenvalue weighted by atomic mass is 10.1. The molecular weight excluding hydrogens is 383 g/mol. The zero-order valence-electron chi connectivity index (χ0n) is 12.3. The van der Waals surface area contributed by atoms with Gasteiger partial charge in [-0.15, -0.1) is 11.3 Å². The Labute approximate surface area is 158 Å². The highest BCUT2D eigenvalue weighted by Gasteiger charge is 2.10. The van der Waals surface area contributed by atoms with E-state index in [0.717, 1.165) is 33.2 Å². The normalized spacial score (nSPS) is 11.3. The average Bonchev–Trinajstić information content (AvgIpc) is 3.09. The average molecular weight is 394 g/mol. The van der Waals surface area contributed by atoms with E-state index in [9.17, 15) is 0 Å². The van der Waals surface area contributed by atoms with Gasteiger partial charge in [-0.1, -0.05) is 53.0 Å². The van der Waals surface area contributed by atoms with Gasteiger partial charge < -0.3 is 0 Å². The molecule has 0 N–H and O–H groups in total. The van der Waals surface area contributed by atoms with Crippen molar-refractivity contribution in [2.24, 2.45) is 0 Å². The van der Waals surface area contributed by atoms with Gasteiger partial charge in [0, 0.05) is 44.3 Å². The molecule has 120 valence electrons. The molecule has 0 amide bonds. The number of aromatic nitrogens is 2. The van der Waals surface area contributed by atoms with E-state index < -0.39 is 0 Å². The molecule has 0 saturated carbocycles. The molecule has 0 atom stereocenters. The quantitative estimate of drug-likeness (QED) is 0.382. The zero-order chi connectivity index (χ0) is 16.7. The van der Waals surface area contributed by atoms with E-state index in [1.54, 1.807) is 17.4 Å². The molecular formula is C18H11Cl3N2S. The number of halogens is 3. The van der Waals surface area contributed by atoms with Crippen LogP contribution in [0.4, 0.5) is 0 Å². The van der Waals surface area contributed by atoms with Gasteiger partial charge >= 0.3 is 0 Å². The first-order valence-electron chi connectivity index (χ1n) is 7.26. The molecule has 2 nitrogen and oxygen atoms in total. The third-order valence-electron chi connectivity index (χ3n) is 3.72. The largest absolute Gasteiger partial charge is 0.297 e. The lowest BCUT2D eigenvalue weighted by Gasteiger charge is -2.02. The van der Waals surface area contributed by atoms with E-state index in [0.29, 0.717) is 10.0 Å². The van der Waals surface area contributed by atoms with Gasteiger partial charge in [0.25, 0.3) is 0 Å². The molecule has 0 fully saturated rings. The van der Waals surface area contributed by atoms with Gasteiger partial charge in [0.2, 0.25) is 0 Å². The minimum Gasteiger partial charge on any atom is -0.297 e. The first kappa shape index (κ1) is 16.0. The summed E-state index contributed by atoms with van der Waals surface area (Å²) in [5, 5.41) is 2.06. The van der Waals surface area contributed by atoms with Crippen LogP contribution in [0.5, 0.6) is 0 Å². The van der Waals surface area contributed by atoms with Crippen molar-refractivity contribution in [3.63, 3.8) is 0 Å². The Balaban J connectivity index is 1.62. The van der Waals surface area contributed by atoms with Gasteiger partial charge in [-0.25, -0.2) is 4.98 Å². The molecule has 0 aliphatic carbocycles. The monoisotopic (exact) mass is 392 g/mol. The van der Waals surface area contributed by atoms with Crippen molar-refractivity contribution >= 4 is 51.1 Å². The van der Waals surface area contributed by atoms with Gasteiger partial charge in [-0.3, -0.25) is 4.40 Å². The highest BCUT2D eigenvalue weighted by molar-refractivity contribution is 7.17. The van der Waals surface area contributed by atoms with Crippen LogP contribution in [0.1, 0.15) is 10.4 Å². The third kappa shape index (κ3) is 3.17. The number of thiazole rings is 1. The molecule has 0 bridgehead atoms. The zero-order valence-corrected chi connectivity index (χ0v) is 15.4. The van der Waals surface area contributed by atoms with Gasteiger partial charge in [-0.2, -0.15) is 0 Å². The molecule has 2 aromatic carbocycles. The van der Waals surface area contributed by atoms with Gasteiger partial charge in [-0.05, 0) is 29.8 Å². The minimum atomic E-state index is 0.650. The van der Waals surface area contributed by atoms with E-state index in [1.165, 1.54) is 4.88 Å². The molecule has 4 rings (SSSR count). The molecule has 0 unspecified atom stereocenters. The number of fused-ring (bicyclic) bond motifs is 1. The predicted octanol–water partition coefficient (Wildman–Crippen LogP) is 6.61. The Morgan fingerprint density at radius 3 is 2.38 bits per heavy atom. The van der Waals surface area contributed by atoms with Crippen LogP contribution >= 0.6 is 46.1 Å².